The van der Waals surface area contributed by atoms with Crippen molar-refractivity contribution in [3.05, 3.63) is 131 Å². The largest absolute Gasteiger partial charge is 0.312 e. The highest BCUT2D eigenvalue weighted by Gasteiger charge is 2.47. The van der Waals surface area contributed by atoms with Gasteiger partial charge in [0.15, 0.2) is 0 Å². The number of sulfone groups is 1. The molecular weight excluding hydrogens is 521 g/mol. The maximum atomic E-state index is 13.7. The molecule has 2 aliphatic heterocycles. The van der Waals surface area contributed by atoms with E-state index in [1.165, 1.54) is 50.0 Å². The Hall–Kier alpha value is -4.09. The molecule has 0 radical (unpaired) electrons. The molecule has 2 aliphatic rings. The van der Waals surface area contributed by atoms with Crippen molar-refractivity contribution in [2.45, 2.75) is 49.8 Å². The fraction of sp³-hybridized carbons (Fsp3) is 0.167. The first-order valence-electron chi connectivity index (χ1n) is 14.1. The monoisotopic (exact) mass is 553 g/mol. The van der Waals surface area contributed by atoms with Gasteiger partial charge in [-0.1, -0.05) is 85.0 Å². The van der Waals surface area contributed by atoms with Crippen LogP contribution in [0.3, 0.4) is 0 Å². The molecule has 0 spiro atoms. The van der Waals surface area contributed by atoms with Crippen molar-refractivity contribution in [2.24, 2.45) is 0 Å². The van der Waals surface area contributed by atoms with Gasteiger partial charge >= 0.3 is 0 Å². The molecule has 0 saturated carbocycles. The topological polar surface area (TPSA) is 37.4 Å². The van der Waals surface area contributed by atoms with E-state index in [2.05, 4.69) is 100 Å². The lowest BCUT2D eigenvalue weighted by Gasteiger charge is -2.46. The molecule has 5 aromatic carbocycles. The fourth-order valence-electron chi connectivity index (χ4n) is 7.09. The van der Waals surface area contributed by atoms with Crippen molar-refractivity contribution in [1.82, 2.24) is 0 Å². The SMILES string of the molecule is Cc1ccc(N2c3ccc(C)cc3B3c4ccc(S(=O)(=O)c5ccccc5)cc4C(C)(C)c4c(C)ccc2c43)cc1. The van der Waals surface area contributed by atoms with Crippen LogP contribution in [0.4, 0.5) is 17.1 Å². The summed E-state index contributed by atoms with van der Waals surface area (Å²) in [6.07, 6.45) is 0. The van der Waals surface area contributed by atoms with Crippen LogP contribution < -0.4 is 21.3 Å². The number of hydrogen-bond acceptors (Lipinski definition) is 3. The van der Waals surface area contributed by atoms with Gasteiger partial charge in [0.05, 0.1) is 9.79 Å². The molecule has 202 valence electrons. The molecular formula is C36H32BNO2S. The maximum Gasteiger partial charge on any atom is 0.247 e. The van der Waals surface area contributed by atoms with Gasteiger partial charge in [-0.3, -0.25) is 0 Å². The second kappa shape index (κ2) is 8.96. The average molecular weight is 554 g/mol. The van der Waals surface area contributed by atoms with Crippen LogP contribution in [0.1, 0.15) is 41.7 Å². The normalized spacial score (nSPS) is 14.8. The standard InChI is InChI=1S/C36H32BNO2S/c1-23-11-15-26(16-12-23)38-32-19-13-24(2)21-31(32)37-30-18-17-28(41(39,40)27-9-7-6-8-10-27)22-29(30)36(4,5)34-25(3)14-20-33(38)35(34)37/h6-22H,1-5H3. The van der Waals surface area contributed by atoms with Crippen molar-refractivity contribution in [2.75, 3.05) is 4.90 Å². The molecule has 0 unspecified atom stereocenters. The highest BCUT2D eigenvalue weighted by atomic mass is 32.2. The zero-order chi connectivity index (χ0) is 28.7. The third-order valence-electron chi connectivity index (χ3n) is 8.99. The molecule has 0 aliphatic carbocycles. The van der Waals surface area contributed by atoms with E-state index in [9.17, 15) is 8.42 Å². The number of aryl methyl sites for hydroxylation is 3. The zero-order valence-electron chi connectivity index (χ0n) is 24.1. The lowest BCUT2D eigenvalue weighted by Crippen LogP contribution is -2.64. The maximum absolute atomic E-state index is 13.7. The van der Waals surface area contributed by atoms with E-state index in [1.807, 2.05) is 12.1 Å². The first-order chi connectivity index (χ1) is 19.6. The summed E-state index contributed by atoms with van der Waals surface area (Å²) in [6.45, 7) is 10.9. The third kappa shape index (κ3) is 3.75. The molecule has 0 N–H and O–H groups in total. The lowest BCUT2D eigenvalue weighted by molar-refractivity contribution is 0.594. The molecule has 0 amide bonds. The predicted molar refractivity (Wildman–Crippen MR) is 170 cm³/mol. The van der Waals surface area contributed by atoms with Crippen LogP contribution in [-0.2, 0) is 15.3 Å². The van der Waals surface area contributed by atoms with Gasteiger partial charge in [-0.15, -0.1) is 0 Å². The zero-order valence-corrected chi connectivity index (χ0v) is 24.9. The van der Waals surface area contributed by atoms with Gasteiger partial charge in [-0.05, 0) is 96.9 Å². The molecule has 0 fully saturated rings. The number of rotatable bonds is 3. The van der Waals surface area contributed by atoms with Gasteiger partial charge in [0, 0.05) is 22.5 Å². The summed E-state index contributed by atoms with van der Waals surface area (Å²) < 4.78 is 27.4. The van der Waals surface area contributed by atoms with Gasteiger partial charge in [-0.25, -0.2) is 8.42 Å². The number of fused-ring (bicyclic) bond motifs is 4. The van der Waals surface area contributed by atoms with E-state index < -0.39 is 15.3 Å². The highest BCUT2D eigenvalue weighted by molar-refractivity contribution is 7.91. The summed E-state index contributed by atoms with van der Waals surface area (Å²) >= 11 is 0. The first kappa shape index (κ1) is 25.9. The minimum absolute atomic E-state index is 0.00741. The smallest absolute Gasteiger partial charge is 0.247 e. The predicted octanol–water partition coefficient (Wildman–Crippen LogP) is 6.38. The van der Waals surface area contributed by atoms with Crippen LogP contribution in [-0.4, -0.2) is 15.1 Å². The Bertz CT molecular complexity index is 1960. The number of benzene rings is 5. The molecule has 0 bridgehead atoms. The molecule has 0 saturated heterocycles. The highest BCUT2D eigenvalue weighted by Crippen LogP contribution is 2.44. The molecule has 0 aromatic heterocycles. The van der Waals surface area contributed by atoms with E-state index in [4.69, 9.17) is 0 Å². The number of nitrogens with zero attached hydrogens (tertiary/aromatic N) is 1. The van der Waals surface area contributed by atoms with Crippen molar-refractivity contribution >= 4 is 50.0 Å². The van der Waals surface area contributed by atoms with Crippen LogP contribution in [0.25, 0.3) is 0 Å². The van der Waals surface area contributed by atoms with Crippen molar-refractivity contribution in [1.29, 1.82) is 0 Å². The quantitative estimate of drug-likeness (QED) is 0.239. The molecule has 5 aromatic rings. The second-order valence-electron chi connectivity index (χ2n) is 12.0. The van der Waals surface area contributed by atoms with E-state index in [0.29, 0.717) is 9.79 Å². The number of anilines is 3. The molecule has 41 heavy (non-hydrogen) atoms. The molecule has 7 rings (SSSR count). The van der Waals surface area contributed by atoms with E-state index in [0.717, 1.165) is 11.3 Å². The van der Waals surface area contributed by atoms with Crippen molar-refractivity contribution in [3.63, 3.8) is 0 Å². The summed E-state index contributed by atoms with van der Waals surface area (Å²) in [7, 11) is -3.65. The van der Waals surface area contributed by atoms with Crippen LogP contribution in [0.15, 0.2) is 113 Å². The van der Waals surface area contributed by atoms with Crippen LogP contribution in [0.5, 0.6) is 0 Å². The van der Waals surface area contributed by atoms with Crippen molar-refractivity contribution in [3.8, 4) is 0 Å². The Morgan fingerprint density at radius 3 is 2.07 bits per heavy atom. The van der Waals surface area contributed by atoms with Crippen LogP contribution in [0.2, 0.25) is 0 Å². The van der Waals surface area contributed by atoms with Crippen LogP contribution >= 0.6 is 0 Å². The molecule has 5 heteroatoms. The summed E-state index contributed by atoms with van der Waals surface area (Å²) in [5, 5.41) is 0. The Balaban J connectivity index is 1.53. The van der Waals surface area contributed by atoms with Gasteiger partial charge in [0.1, 0.15) is 0 Å². The Labute approximate surface area is 243 Å². The molecule has 2 heterocycles. The summed E-state index contributed by atoms with van der Waals surface area (Å²) in [6, 6.07) is 34.5. The summed E-state index contributed by atoms with van der Waals surface area (Å²) in [5.41, 5.74) is 12.9. The first-order valence-corrected chi connectivity index (χ1v) is 15.6. The van der Waals surface area contributed by atoms with Crippen molar-refractivity contribution < 1.29 is 8.42 Å². The minimum atomic E-state index is -3.65. The Kier molecular flexibility index (Phi) is 5.65. The van der Waals surface area contributed by atoms with E-state index in [1.54, 1.807) is 30.3 Å². The lowest BCUT2D eigenvalue weighted by atomic mass is 9.30. The van der Waals surface area contributed by atoms with Gasteiger partial charge in [0.2, 0.25) is 16.6 Å². The van der Waals surface area contributed by atoms with E-state index >= 15 is 0 Å². The van der Waals surface area contributed by atoms with Gasteiger partial charge in [-0.2, -0.15) is 0 Å². The van der Waals surface area contributed by atoms with Gasteiger partial charge < -0.3 is 4.90 Å². The Morgan fingerprint density at radius 1 is 0.659 bits per heavy atom. The summed E-state index contributed by atoms with van der Waals surface area (Å²) in [5.74, 6) is 0. The van der Waals surface area contributed by atoms with Crippen LogP contribution in [0, 0.1) is 20.8 Å². The third-order valence-corrected chi connectivity index (χ3v) is 10.8. The molecule has 0 atom stereocenters. The number of hydrogen-bond donors (Lipinski definition) is 0. The fourth-order valence-corrected chi connectivity index (χ4v) is 8.40. The summed E-state index contributed by atoms with van der Waals surface area (Å²) in [4.78, 5) is 3.06. The van der Waals surface area contributed by atoms with E-state index in [-0.39, 0.29) is 6.71 Å². The minimum Gasteiger partial charge on any atom is -0.312 e. The molecule has 3 nitrogen and oxygen atoms in total. The van der Waals surface area contributed by atoms with Gasteiger partial charge in [0.25, 0.3) is 0 Å². The Morgan fingerprint density at radius 2 is 1.34 bits per heavy atom. The second-order valence-corrected chi connectivity index (χ2v) is 14.0. The average Bonchev–Trinajstić information content (AvgIpc) is 2.96.